The Kier molecular flexibility index (Phi) is 15.8. The van der Waals surface area contributed by atoms with Crippen LogP contribution in [-0.2, 0) is 35.5 Å². The first kappa shape index (κ1) is 46.7. The summed E-state index contributed by atoms with van der Waals surface area (Å²) in [5, 5.41) is 13.7. The number of fused-ring (bicyclic) bond motifs is 4. The maximum Gasteiger partial charge on any atom is 0.248 e. The van der Waals surface area contributed by atoms with Crippen LogP contribution in [0.5, 0.6) is 0 Å². The van der Waals surface area contributed by atoms with Gasteiger partial charge in [-0.25, -0.2) is 9.97 Å². The molecule has 6 aromatic rings. The van der Waals surface area contributed by atoms with Crippen LogP contribution in [0.3, 0.4) is 0 Å². The fourth-order valence-electron chi connectivity index (χ4n) is 9.14. The van der Waals surface area contributed by atoms with E-state index in [1.54, 1.807) is 45.3 Å². The fraction of sp³-hybridized carbons (Fsp3) is 0.480. The smallest absolute Gasteiger partial charge is 0.248 e. The Labute approximate surface area is 394 Å². The maximum atomic E-state index is 12.9. The Balaban J connectivity index is 0.000000157. The highest BCUT2D eigenvalue weighted by molar-refractivity contribution is 7.23. The molecule has 2 aromatic carbocycles. The van der Waals surface area contributed by atoms with Gasteiger partial charge in [-0.05, 0) is 108 Å². The van der Waals surface area contributed by atoms with E-state index < -0.39 is 0 Å². The van der Waals surface area contributed by atoms with Crippen LogP contribution in [0.4, 0.5) is 10.0 Å². The minimum absolute atomic E-state index is 0.0946. The predicted molar refractivity (Wildman–Crippen MR) is 273 cm³/mol. The van der Waals surface area contributed by atoms with E-state index in [1.807, 2.05) is 24.3 Å². The second-order valence-electron chi connectivity index (χ2n) is 18.0. The van der Waals surface area contributed by atoms with Crippen molar-refractivity contribution < 1.29 is 9.59 Å². The van der Waals surface area contributed by atoms with Crippen molar-refractivity contribution in [3.8, 4) is 21.1 Å². The van der Waals surface area contributed by atoms with E-state index in [-0.39, 0.29) is 11.8 Å². The molecule has 2 amide bonds. The standard InChI is InChI=1S/C25H32N4OS2.C20H21N3OS2.C5H11N/c1-16(2)29-14-12-18-21(15-29)32-25(28-22(30)11-13-26-17-7-3-4-8-17)23(18)24-27-19-9-5-6-10-20(19)31-24;1-4-17(24)22-20-18(19-21-14-7-5-6-8-15(14)25-19)13-9-10-23(12(2)3)11-16(13)26-20;6-5-3-1-2-4-5/h5-6,9-10,16-17,26H,3-4,7-8,11-15H2,1-2H3,(H,28,30);4-8,12H,1,9-11H2,2-3H3,(H,22,24);5H,1-4,6H2. The minimum Gasteiger partial charge on any atom is -0.328 e. The van der Waals surface area contributed by atoms with Gasteiger partial charge in [0.05, 0.1) is 20.4 Å². The van der Waals surface area contributed by atoms with Crippen molar-refractivity contribution in [1.29, 1.82) is 0 Å². The Morgan fingerprint density at radius 1 is 0.734 bits per heavy atom. The van der Waals surface area contributed by atoms with Crippen molar-refractivity contribution in [3.63, 3.8) is 0 Å². The summed E-state index contributed by atoms with van der Waals surface area (Å²) in [7, 11) is 0. The first-order valence-corrected chi connectivity index (χ1v) is 26.5. The van der Waals surface area contributed by atoms with Crippen LogP contribution in [0.1, 0.15) is 106 Å². The Hall–Kier alpha value is -3.86. The summed E-state index contributed by atoms with van der Waals surface area (Å²) in [5.74, 6) is -0.0798. The zero-order valence-electron chi connectivity index (χ0n) is 37.8. The molecule has 0 radical (unpaired) electrons. The molecule has 0 spiro atoms. The van der Waals surface area contributed by atoms with E-state index in [0.717, 1.165) is 87.7 Å². The molecule has 2 aliphatic carbocycles. The molecule has 10 nitrogen and oxygen atoms in total. The largest absolute Gasteiger partial charge is 0.328 e. The summed E-state index contributed by atoms with van der Waals surface area (Å²) < 4.78 is 2.36. The number of hydrogen-bond donors (Lipinski definition) is 4. The Morgan fingerprint density at radius 3 is 1.67 bits per heavy atom. The molecule has 6 heterocycles. The number of nitrogens with two attached hydrogens (primary N) is 1. The summed E-state index contributed by atoms with van der Waals surface area (Å²) in [5.41, 5.74) is 12.6. The molecule has 14 heteroatoms. The van der Waals surface area contributed by atoms with Crippen LogP contribution in [0.15, 0.2) is 61.2 Å². The van der Waals surface area contributed by atoms with Gasteiger partial charge in [0.25, 0.3) is 0 Å². The molecule has 64 heavy (non-hydrogen) atoms. The molecule has 0 saturated heterocycles. The molecule has 2 fully saturated rings. The van der Waals surface area contributed by atoms with Gasteiger partial charge in [0.2, 0.25) is 11.8 Å². The highest BCUT2D eigenvalue weighted by Gasteiger charge is 2.30. The van der Waals surface area contributed by atoms with Gasteiger partial charge in [0.1, 0.15) is 20.0 Å². The number of carbonyl (C=O) groups excluding carboxylic acids is 2. The van der Waals surface area contributed by atoms with Crippen molar-refractivity contribution >= 4 is 87.6 Å². The third kappa shape index (κ3) is 11.2. The Bertz CT molecular complexity index is 2470. The molecular formula is C50H64N8O2S4. The molecule has 0 bridgehead atoms. The topological polar surface area (TPSA) is 129 Å². The summed E-state index contributed by atoms with van der Waals surface area (Å²) in [6.07, 6.45) is 14.2. The van der Waals surface area contributed by atoms with Crippen LogP contribution in [-0.4, -0.2) is 75.4 Å². The van der Waals surface area contributed by atoms with Gasteiger partial charge in [-0.1, -0.05) is 56.5 Å². The van der Waals surface area contributed by atoms with Crippen molar-refractivity contribution in [2.24, 2.45) is 5.73 Å². The zero-order chi connectivity index (χ0) is 44.7. The lowest BCUT2D eigenvalue weighted by molar-refractivity contribution is -0.116. The van der Waals surface area contributed by atoms with E-state index in [4.69, 9.17) is 15.7 Å². The molecule has 4 aliphatic rings. The number of thiophene rings is 2. The highest BCUT2D eigenvalue weighted by Crippen LogP contribution is 2.47. The third-order valence-corrected chi connectivity index (χ3v) is 17.2. The van der Waals surface area contributed by atoms with Crippen LogP contribution < -0.4 is 21.7 Å². The van der Waals surface area contributed by atoms with Gasteiger partial charge >= 0.3 is 0 Å². The summed E-state index contributed by atoms with van der Waals surface area (Å²) in [6, 6.07) is 18.7. The van der Waals surface area contributed by atoms with Crippen LogP contribution in [0.25, 0.3) is 41.6 Å². The number of nitrogens with zero attached hydrogens (tertiary/aromatic N) is 4. The van der Waals surface area contributed by atoms with Gasteiger partial charge in [-0.3, -0.25) is 19.4 Å². The number of para-hydroxylation sites is 2. The monoisotopic (exact) mass is 936 g/mol. The maximum absolute atomic E-state index is 12.9. The number of carbonyl (C=O) groups is 2. The number of amides is 2. The van der Waals surface area contributed by atoms with E-state index in [0.29, 0.717) is 30.6 Å². The second-order valence-corrected chi connectivity index (χ2v) is 22.3. The van der Waals surface area contributed by atoms with Crippen molar-refractivity contribution in [2.45, 2.75) is 136 Å². The lowest BCUT2D eigenvalue weighted by atomic mass is 10.0. The molecule has 2 saturated carbocycles. The molecule has 2 aliphatic heterocycles. The number of hydrogen-bond acceptors (Lipinski definition) is 12. The third-order valence-electron chi connectivity index (χ3n) is 12.9. The van der Waals surface area contributed by atoms with Gasteiger partial charge in [-0.2, -0.15) is 0 Å². The first-order valence-electron chi connectivity index (χ1n) is 23.3. The first-order chi connectivity index (χ1) is 31.0. The number of benzene rings is 2. The lowest BCUT2D eigenvalue weighted by Crippen LogP contribution is -2.35. The molecule has 340 valence electrons. The molecule has 0 atom stereocenters. The SMILES string of the molecule is C=CC(=O)Nc1sc2c(c1-c1nc3ccccc3s1)CCN(C(C)C)C2.CC(C)N1CCc2c(sc(NC(=O)CCNC3CCCC3)c2-c2nc3ccccc3s2)C1.NC1CCCC1. The molecule has 5 N–H and O–H groups in total. The average Bonchev–Trinajstić information content (AvgIpc) is 4.16. The van der Waals surface area contributed by atoms with Gasteiger partial charge < -0.3 is 21.7 Å². The van der Waals surface area contributed by atoms with Gasteiger partial charge in [0, 0.05) is 84.2 Å². The van der Waals surface area contributed by atoms with E-state index in [2.05, 4.69) is 84.3 Å². The molecular weight excluding hydrogens is 873 g/mol. The normalized spacial score (nSPS) is 17.0. The molecule has 4 aromatic heterocycles. The predicted octanol–water partition coefficient (Wildman–Crippen LogP) is 11.5. The van der Waals surface area contributed by atoms with Crippen LogP contribution >= 0.6 is 45.3 Å². The number of aromatic nitrogens is 2. The number of thiazole rings is 2. The van der Waals surface area contributed by atoms with Crippen molar-refractivity contribution in [1.82, 2.24) is 25.1 Å². The second kappa shape index (κ2) is 21.6. The summed E-state index contributed by atoms with van der Waals surface area (Å²) >= 11 is 6.84. The fourth-order valence-corrected chi connectivity index (χ4v) is 13.9. The number of rotatable bonds is 11. The lowest BCUT2D eigenvalue weighted by Gasteiger charge is -2.30. The summed E-state index contributed by atoms with van der Waals surface area (Å²) in [4.78, 5) is 42.3. The van der Waals surface area contributed by atoms with Gasteiger partial charge in [-0.15, -0.1) is 45.3 Å². The molecule has 10 rings (SSSR count). The van der Waals surface area contributed by atoms with Gasteiger partial charge in [0.15, 0.2) is 0 Å². The van der Waals surface area contributed by atoms with Crippen molar-refractivity contribution in [3.05, 3.63) is 82.1 Å². The Morgan fingerprint density at radius 2 is 1.22 bits per heavy atom. The quantitative estimate of drug-likeness (QED) is 0.0946. The molecule has 0 unspecified atom stereocenters. The van der Waals surface area contributed by atoms with E-state index in [1.165, 1.54) is 87.7 Å². The van der Waals surface area contributed by atoms with Crippen LogP contribution in [0, 0.1) is 0 Å². The van der Waals surface area contributed by atoms with Crippen molar-refractivity contribution in [2.75, 3.05) is 30.3 Å². The summed E-state index contributed by atoms with van der Waals surface area (Å²) in [6.45, 7) is 17.3. The van der Waals surface area contributed by atoms with Crippen LogP contribution in [0.2, 0.25) is 0 Å². The van der Waals surface area contributed by atoms with E-state index >= 15 is 0 Å². The van der Waals surface area contributed by atoms with E-state index in [9.17, 15) is 9.59 Å². The number of anilines is 2. The highest BCUT2D eigenvalue weighted by atomic mass is 32.1. The average molecular weight is 937 g/mol. The minimum atomic E-state index is -0.174. The zero-order valence-corrected chi connectivity index (χ0v) is 41.1. The number of nitrogens with one attached hydrogen (secondary N) is 3.